The van der Waals surface area contributed by atoms with E-state index in [2.05, 4.69) is 16.9 Å². The summed E-state index contributed by atoms with van der Waals surface area (Å²) in [4.78, 5) is 14.5. The molecule has 0 fully saturated rings. The molecule has 0 saturated heterocycles. The van der Waals surface area contributed by atoms with E-state index in [1.165, 1.54) is 6.08 Å². The SMILES string of the molecule is C=C(CCC)C(=N)C=C(c1[nH]c(/C(=C/CC)NC)cc1CCC)[N+](=O)[O-]. The van der Waals surface area contributed by atoms with Gasteiger partial charge in [0.25, 0.3) is 5.70 Å². The summed E-state index contributed by atoms with van der Waals surface area (Å²) in [6.07, 6.45) is 7.31. The van der Waals surface area contributed by atoms with Gasteiger partial charge < -0.3 is 15.7 Å². The van der Waals surface area contributed by atoms with Crippen LogP contribution in [0, 0.1) is 15.5 Å². The van der Waals surface area contributed by atoms with Gasteiger partial charge in [0, 0.05) is 13.1 Å². The first-order valence-corrected chi connectivity index (χ1v) is 9.12. The maximum atomic E-state index is 11.7. The molecule has 6 nitrogen and oxygen atoms in total. The zero-order valence-electron chi connectivity index (χ0n) is 16.2. The van der Waals surface area contributed by atoms with Gasteiger partial charge in [0.1, 0.15) is 5.69 Å². The predicted molar refractivity (Wildman–Crippen MR) is 109 cm³/mol. The van der Waals surface area contributed by atoms with Crippen molar-refractivity contribution in [2.75, 3.05) is 7.05 Å². The van der Waals surface area contributed by atoms with E-state index in [0.29, 0.717) is 17.7 Å². The van der Waals surface area contributed by atoms with E-state index in [9.17, 15) is 10.1 Å². The van der Waals surface area contributed by atoms with Crippen molar-refractivity contribution in [2.24, 2.45) is 0 Å². The number of hydrogen-bond acceptors (Lipinski definition) is 4. The summed E-state index contributed by atoms with van der Waals surface area (Å²) >= 11 is 0. The first-order chi connectivity index (χ1) is 12.4. The lowest BCUT2D eigenvalue weighted by Gasteiger charge is -2.05. The third-order valence-corrected chi connectivity index (χ3v) is 4.05. The van der Waals surface area contributed by atoms with Gasteiger partial charge in [-0.15, -0.1) is 0 Å². The molecule has 0 atom stereocenters. The first kappa shape index (κ1) is 21.4. The molecule has 3 N–H and O–H groups in total. The minimum Gasteiger partial charge on any atom is -0.387 e. The molecule has 1 rings (SSSR count). The van der Waals surface area contributed by atoms with Crippen LogP contribution in [0.3, 0.4) is 0 Å². The van der Waals surface area contributed by atoms with E-state index < -0.39 is 4.92 Å². The molecular weight excluding hydrogens is 328 g/mol. The molecule has 0 radical (unpaired) electrons. The average Bonchev–Trinajstić information content (AvgIpc) is 3.00. The van der Waals surface area contributed by atoms with Crippen LogP contribution in [-0.4, -0.2) is 22.7 Å². The summed E-state index contributed by atoms with van der Waals surface area (Å²) in [5.74, 6) is 0. The van der Waals surface area contributed by atoms with Crippen LogP contribution in [0.2, 0.25) is 0 Å². The van der Waals surface area contributed by atoms with Crippen LogP contribution in [0.15, 0.2) is 30.4 Å². The fourth-order valence-electron chi connectivity index (χ4n) is 2.78. The molecule has 1 heterocycles. The number of hydrogen-bond donors (Lipinski definition) is 3. The third-order valence-electron chi connectivity index (χ3n) is 4.05. The van der Waals surface area contributed by atoms with Crippen LogP contribution < -0.4 is 5.32 Å². The van der Waals surface area contributed by atoms with Gasteiger partial charge >= 0.3 is 0 Å². The van der Waals surface area contributed by atoms with Gasteiger partial charge in [-0.05, 0) is 36.5 Å². The van der Waals surface area contributed by atoms with Crippen molar-refractivity contribution in [1.82, 2.24) is 10.3 Å². The van der Waals surface area contributed by atoms with Crippen LogP contribution >= 0.6 is 0 Å². The molecule has 0 aliphatic heterocycles. The molecule has 142 valence electrons. The second-order valence-corrected chi connectivity index (χ2v) is 6.16. The van der Waals surface area contributed by atoms with Crippen LogP contribution in [0.1, 0.15) is 63.4 Å². The maximum absolute atomic E-state index is 11.7. The maximum Gasteiger partial charge on any atom is 0.295 e. The molecule has 0 bridgehead atoms. The highest BCUT2D eigenvalue weighted by Crippen LogP contribution is 2.25. The molecule has 26 heavy (non-hydrogen) atoms. The molecule has 0 unspecified atom stereocenters. The van der Waals surface area contributed by atoms with Crippen molar-refractivity contribution in [3.8, 4) is 0 Å². The lowest BCUT2D eigenvalue weighted by molar-refractivity contribution is -0.375. The lowest BCUT2D eigenvalue weighted by atomic mass is 10.0. The van der Waals surface area contributed by atoms with Crippen LogP contribution in [0.5, 0.6) is 0 Å². The van der Waals surface area contributed by atoms with E-state index in [1.54, 1.807) is 0 Å². The zero-order chi connectivity index (χ0) is 19.7. The number of allylic oxidation sites excluding steroid dienone is 3. The highest BCUT2D eigenvalue weighted by molar-refractivity contribution is 6.08. The van der Waals surface area contributed by atoms with E-state index in [-0.39, 0.29) is 11.4 Å². The number of rotatable bonds is 11. The Kier molecular flexibility index (Phi) is 8.55. The number of aryl methyl sites for hydroxylation is 1. The smallest absolute Gasteiger partial charge is 0.295 e. The zero-order valence-corrected chi connectivity index (χ0v) is 16.2. The Balaban J connectivity index is 3.44. The second kappa shape index (κ2) is 10.4. The number of H-pyrrole nitrogens is 1. The minimum absolute atomic E-state index is 0.0890. The van der Waals surface area contributed by atoms with Crippen LogP contribution in [0.4, 0.5) is 0 Å². The van der Waals surface area contributed by atoms with E-state index >= 15 is 0 Å². The summed E-state index contributed by atoms with van der Waals surface area (Å²) in [6, 6.07) is 1.96. The third kappa shape index (κ3) is 5.44. The minimum atomic E-state index is -0.425. The highest BCUT2D eigenvalue weighted by atomic mass is 16.6. The van der Waals surface area contributed by atoms with Crippen LogP contribution in [-0.2, 0) is 6.42 Å². The number of aromatic amines is 1. The topological polar surface area (TPSA) is 94.8 Å². The van der Waals surface area contributed by atoms with Gasteiger partial charge in [0.15, 0.2) is 0 Å². The van der Waals surface area contributed by atoms with Crippen molar-refractivity contribution in [2.45, 2.75) is 52.9 Å². The Morgan fingerprint density at radius 3 is 2.58 bits per heavy atom. The summed E-state index contributed by atoms with van der Waals surface area (Å²) in [7, 11) is 1.83. The number of aromatic nitrogens is 1. The van der Waals surface area contributed by atoms with Gasteiger partial charge in [0.2, 0.25) is 0 Å². The molecule has 1 aromatic heterocycles. The molecule has 0 spiro atoms. The molecule has 0 aromatic carbocycles. The lowest BCUT2D eigenvalue weighted by Crippen LogP contribution is -2.07. The predicted octanol–water partition coefficient (Wildman–Crippen LogP) is 4.93. The molecule has 1 aromatic rings. The van der Waals surface area contributed by atoms with E-state index in [0.717, 1.165) is 42.6 Å². The normalized spacial score (nSPS) is 12.2. The second-order valence-electron chi connectivity index (χ2n) is 6.16. The van der Waals surface area contributed by atoms with Gasteiger partial charge in [-0.1, -0.05) is 46.3 Å². The standard InChI is InChI=1S/C20H30N4O2/c1-6-9-14(4)16(21)13-19(24(25)26)20-15(10-7-2)12-18(23-20)17(22-5)11-8-3/h11-13,21-23H,4,6-10H2,1-3,5H3/b17-11-,19-13?,21-16?. The van der Waals surface area contributed by atoms with E-state index in [4.69, 9.17) is 5.41 Å². The fraction of sp³-hybridized carbons (Fsp3) is 0.450. The largest absolute Gasteiger partial charge is 0.387 e. The summed E-state index contributed by atoms with van der Waals surface area (Å²) in [5, 5.41) is 23.0. The Morgan fingerprint density at radius 1 is 1.38 bits per heavy atom. The summed E-state index contributed by atoms with van der Waals surface area (Å²) in [6.45, 7) is 9.93. The fourth-order valence-corrected chi connectivity index (χ4v) is 2.78. The van der Waals surface area contributed by atoms with Crippen molar-refractivity contribution >= 4 is 17.1 Å². The quantitative estimate of drug-likeness (QED) is 0.297. The van der Waals surface area contributed by atoms with Crippen molar-refractivity contribution in [3.63, 3.8) is 0 Å². The molecule has 0 saturated carbocycles. The van der Waals surface area contributed by atoms with Gasteiger partial charge in [0.05, 0.1) is 22.0 Å². The van der Waals surface area contributed by atoms with Crippen molar-refractivity contribution in [1.29, 1.82) is 5.41 Å². The summed E-state index contributed by atoms with van der Waals surface area (Å²) < 4.78 is 0. The van der Waals surface area contributed by atoms with E-state index in [1.807, 2.05) is 40.0 Å². The number of nitrogens with zero attached hydrogens (tertiary/aromatic N) is 1. The number of nitrogens with one attached hydrogen (secondary N) is 3. The molecule has 0 amide bonds. The molecule has 0 aliphatic carbocycles. The Labute approximate surface area is 155 Å². The van der Waals surface area contributed by atoms with Crippen LogP contribution in [0.25, 0.3) is 11.4 Å². The first-order valence-electron chi connectivity index (χ1n) is 9.12. The molecular formula is C20H30N4O2. The monoisotopic (exact) mass is 358 g/mol. The van der Waals surface area contributed by atoms with Gasteiger partial charge in [-0.25, -0.2) is 0 Å². The number of nitro groups is 1. The van der Waals surface area contributed by atoms with Crippen molar-refractivity contribution < 1.29 is 4.92 Å². The van der Waals surface area contributed by atoms with Crippen molar-refractivity contribution in [3.05, 3.63) is 57.4 Å². The Hall–Kier alpha value is -2.63. The molecule has 6 heteroatoms. The molecule has 0 aliphatic rings. The Bertz CT molecular complexity index is 726. The average molecular weight is 358 g/mol. The van der Waals surface area contributed by atoms with Gasteiger partial charge in [-0.2, -0.15) is 0 Å². The highest BCUT2D eigenvalue weighted by Gasteiger charge is 2.23. The Morgan fingerprint density at radius 2 is 2.08 bits per heavy atom. The van der Waals surface area contributed by atoms with Gasteiger partial charge in [-0.3, -0.25) is 10.1 Å². The summed E-state index contributed by atoms with van der Waals surface area (Å²) in [5.41, 5.74) is 3.71.